The number of methoxy groups -OCH3 is 1. The van der Waals surface area contributed by atoms with Crippen LogP contribution in [0, 0.1) is 0 Å². The minimum Gasteiger partial charge on any atom is -0.496 e. The average Bonchev–Trinajstić information content (AvgIpc) is 2.89. The fourth-order valence-electron chi connectivity index (χ4n) is 5.40. The largest absolute Gasteiger partial charge is 0.496 e. The van der Waals surface area contributed by atoms with Crippen molar-refractivity contribution >= 4 is 17.3 Å². The molecule has 1 aliphatic carbocycles. The van der Waals surface area contributed by atoms with E-state index < -0.39 is 0 Å². The highest BCUT2D eigenvalue weighted by molar-refractivity contribution is 5.94. The van der Waals surface area contributed by atoms with Gasteiger partial charge in [-0.05, 0) is 73.8 Å². The molecular weight excluding hydrogens is 428 g/mol. The van der Waals surface area contributed by atoms with E-state index in [4.69, 9.17) is 9.47 Å². The number of benzene rings is 2. The van der Waals surface area contributed by atoms with Crippen LogP contribution in [0.15, 0.2) is 36.4 Å². The van der Waals surface area contributed by atoms with Crippen LogP contribution in [0.3, 0.4) is 0 Å². The van der Waals surface area contributed by atoms with Crippen molar-refractivity contribution in [1.82, 2.24) is 10.2 Å². The molecule has 0 bridgehead atoms. The number of hydrogen-bond donors (Lipinski definition) is 1. The number of nitrogens with zero attached hydrogens (tertiary/aromatic N) is 3. The highest BCUT2D eigenvalue weighted by Crippen LogP contribution is 2.37. The van der Waals surface area contributed by atoms with Crippen molar-refractivity contribution in [2.24, 2.45) is 0 Å². The zero-order chi connectivity index (χ0) is 23.5. The van der Waals surface area contributed by atoms with Crippen LogP contribution in [-0.4, -0.2) is 83.5 Å². The summed E-state index contributed by atoms with van der Waals surface area (Å²) in [6.45, 7) is 7.50. The molecule has 1 atom stereocenters. The molecule has 7 nitrogen and oxygen atoms in total. The fraction of sp³-hybridized carbons (Fsp3) is 0.519. The van der Waals surface area contributed by atoms with Gasteiger partial charge in [-0.3, -0.25) is 4.79 Å². The van der Waals surface area contributed by atoms with Crippen molar-refractivity contribution in [3.8, 4) is 5.75 Å². The number of fused-ring (bicyclic) bond motifs is 1. The number of amides is 1. The number of ether oxygens (including phenoxy) is 2. The van der Waals surface area contributed by atoms with Crippen molar-refractivity contribution in [3.63, 3.8) is 0 Å². The first-order valence-corrected chi connectivity index (χ1v) is 12.5. The Bertz CT molecular complexity index is 996. The molecule has 5 rings (SSSR count). The second kappa shape index (κ2) is 10.2. The summed E-state index contributed by atoms with van der Waals surface area (Å²) in [7, 11) is 3.93. The summed E-state index contributed by atoms with van der Waals surface area (Å²) < 4.78 is 11.1. The third-order valence-electron chi connectivity index (χ3n) is 7.46. The SMILES string of the molecule is COc1ccc(N2CCN(C)CC2)c2c1CCC(NC(=O)c1ccc(N3CCOCC3)cc1)C2. The summed E-state index contributed by atoms with van der Waals surface area (Å²) in [6, 6.07) is 12.4. The standard InChI is InChI=1S/C27H36N4O3/c1-29-11-13-31(14-12-29)25-9-10-26(33-2)23-8-5-21(19-24(23)25)28-27(32)20-3-6-22(7-4-20)30-15-17-34-18-16-30/h3-4,6-7,9-10,21H,5,8,11-19H2,1-2H3,(H,28,32). The Morgan fingerprint density at radius 1 is 0.941 bits per heavy atom. The molecular formula is C27H36N4O3. The van der Waals surface area contributed by atoms with Gasteiger partial charge in [0.25, 0.3) is 5.91 Å². The van der Waals surface area contributed by atoms with Crippen LogP contribution >= 0.6 is 0 Å². The predicted octanol–water partition coefficient (Wildman–Crippen LogP) is 2.57. The number of morpholine rings is 1. The van der Waals surface area contributed by atoms with Gasteiger partial charge in [-0.2, -0.15) is 0 Å². The second-order valence-corrected chi connectivity index (χ2v) is 9.59. The Morgan fingerprint density at radius 2 is 1.68 bits per heavy atom. The molecule has 34 heavy (non-hydrogen) atoms. The van der Waals surface area contributed by atoms with Crippen molar-refractivity contribution in [2.75, 3.05) is 76.4 Å². The number of likely N-dealkylation sites (N-methyl/N-ethyl adjacent to an activating group) is 1. The number of anilines is 2. The third kappa shape index (κ3) is 4.86. The van der Waals surface area contributed by atoms with E-state index in [9.17, 15) is 4.79 Å². The summed E-state index contributed by atoms with van der Waals surface area (Å²) in [5.41, 5.74) is 5.81. The molecule has 0 radical (unpaired) electrons. The van der Waals surface area contributed by atoms with E-state index in [0.717, 1.165) is 83.2 Å². The lowest BCUT2D eigenvalue weighted by Crippen LogP contribution is -2.45. The van der Waals surface area contributed by atoms with E-state index in [0.29, 0.717) is 5.56 Å². The Morgan fingerprint density at radius 3 is 2.38 bits per heavy atom. The first kappa shape index (κ1) is 23.0. The molecule has 0 aromatic heterocycles. The van der Waals surface area contributed by atoms with Gasteiger partial charge in [-0.1, -0.05) is 0 Å². The summed E-state index contributed by atoms with van der Waals surface area (Å²) in [4.78, 5) is 20.2. The van der Waals surface area contributed by atoms with Crippen LogP contribution in [0.2, 0.25) is 0 Å². The number of carbonyl (C=O) groups is 1. The molecule has 1 N–H and O–H groups in total. The molecule has 2 heterocycles. The number of piperazine rings is 1. The number of rotatable bonds is 5. The topological polar surface area (TPSA) is 57.3 Å². The van der Waals surface area contributed by atoms with E-state index in [1.165, 1.54) is 16.8 Å². The third-order valence-corrected chi connectivity index (χ3v) is 7.46. The number of carbonyl (C=O) groups excluding carboxylic acids is 1. The predicted molar refractivity (Wildman–Crippen MR) is 135 cm³/mol. The summed E-state index contributed by atoms with van der Waals surface area (Å²) in [6.07, 6.45) is 2.68. The number of hydrogen-bond acceptors (Lipinski definition) is 6. The molecule has 2 aliphatic heterocycles. The average molecular weight is 465 g/mol. The lowest BCUT2D eigenvalue weighted by atomic mass is 9.85. The molecule has 3 aliphatic rings. The zero-order valence-corrected chi connectivity index (χ0v) is 20.4. The van der Waals surface area contributed by atoms with Gasteiger partial charge in [0, 0.05) is 62.2 Å². The Labute approximate surface area is 202 Å². The van der Waals surface area contributed by atoms with E-state index in [1.807, 2.05) is 24.3 Å². The zero-order valence-electron chi connectivity index (χ0n) is 20.4. The summed E-state index contributed by atoms with van der Waals surface area (Å²) >= 11 is 0. The molecule has 1 unspecified atom stereocenters. The maximum Gasteiger partial charge on any atom is 0.251 e. The Kier molecular flexibility index (Phi) is 6.92. The molecule has 1 amide bonds. The minimum absolute atomic E-state index is 0.00557. The van der Waals surface area contributed by atoms with Gasteiger partial charge in [0.2, 0.25) is 0 Å². The maximum atomic E-state index is 13.1. The summed E-state index contributed by atoms with van der Waals surface area (Å²) in [5.74, 6) is 0.974. The molecule has 2 aromatic rings. The van der Waals surface area contributed by atoms with E-state index >= 15 is 0 Å². The molecule has 0 spiro atoms. The Balaban J connectivity index is 1.29. The van der Waals surface area contributed by atoms with Crippen LogP contribution in [0.5, 0.6) is 5.75 Å². The van der Waals surface area contributed by atoms with Crippen LogP contribution in [0.25, 0.3) is 0 Å². The van der Waals surface area contributed by atoms with Gasteiger partial charge < -0.3 is 29.5 Å². The molecule has 182 valence electrons. The van der Waals surface area contributed by atoms with Crippen LogP contribution < -0.4 is 19.9 Å². The van der Waals surface area contributed by atoms with Gasteiger partial charge in [0.15, 0.2) is 0 Å². The molecule has 2 aromatic carbocycles. The fourth-order valence-corrected chi connectivity index (χ4v) is 5.40. The smallest absolute Gasteiger partial charge is 0.251 e. The molecule has 0 saturated carbocycles. The van der Waals surface area contributed by atoms with Crippen molar-refractivity contribution in [3.05, 3.63) is 53.1 Å². The van der Waals surface area contributed by atoms with Gasteiger partial charge in [0.1, 0.15) is 5.75 Å². The second-order valence-electron chi connectivity index (χ2n) is 9.59. The van der Waals surface area contributed by atoms with E-state index in [2.05, 4.69) is 39.2 Å². The minimum atomic E-state index is 0.00557. The monoisotopic (exact) mass is 464 g/mol. The lowest BCUT2D eigenvalue weighted by molar-refractivity contribution is 0.0933. The van der Waals surface area contributed by atoms with Crippen LogP contribution in [-0.2, 0) is 17.6 Å². The van der Waals surface area contributed by atoms with Gasteiger partial charge in [0.05, 0.1) is 20.3 Å². The first-order chi connectivity index (χ1) is 16.6. The highest BCUT2D eigenvalue weighted by Gasteiger charge is 2.28. The van der Waals surface area contributed by atoms with Crippen molar-refractivity contribution in [1.29, 1.82) is 0 Å². The van der Waals surface area contributed by atoms with Gasteiger partial charge in [-0.15, -0.1) is 0 Å². The van der Waals surface area contributed by atoms with E-state index in [1.54, 1.807) is 7.11 Å². The van der Waals surface area contributed by atoms with E-state index in [-0.39, 0.29) is 11.9 Å². The van der Waals surface area contributed by atoms with Gasteiger partial charge >= 0.3 is 0 Å². The normalized spacial score (nSPS) is 21.2. The van der Waals surface area contributed by atoms with Crippen molar-refractivity contribution in [2.45, 2.75) is 25.3 Å². The molecule has 2 saturated heterocycles. The number of nitrogens with one attached hydrogen (secondary N) is 1. The van der Waals surface area contributed by atoms with Gasteiger partial charge in [-0.25, -0.2) is 0 Å². The first-order valence-electron chi connectivity index (χ1n) is 12.5. The van der Waals surface area contributed by atoms with Crippen molar-refractivity contribution < 1.29 is 14.3 Å². The Hall–Kier alpha value is -2.77. The maximum absolute atomic E-state index is 13.1. The highest BCUT2D eigenvalue weighted by atomic mass is 16.5. The quantitative estimate of drug-likeness (QED) is 0.734. The van der Waals surface area contributed by atoms with Crippen LogP contribution in [0.4, 0.5) is 11.4 Å². The molecule has 7 heteroatoms. The van der Waals surface area contributed by atoms with Crippen LogP contribution in [0.1, 0.15) is 27.9 Å². The summed E-state index contributed by atoms with van der Waals surface area (Å²) in [5, 5.41) is 3.31. The molecule has 2 fully saturated rings. The lowest BCUT2D eigenvalue weighted by Gasteiger charge is -2.37.